The first-order valence-electron chi connectivity index (χ1n) is 17.2. The number of pyridine rings is 1. The molecule has 2 N–H and O–H groups in total. The Labute approximate surface area is 440 Å². The number of hydrogen-bond donors (Lipinski definition) is 2. The Hall–Kier alpha value is -6.05. The topological polar surface area (TPSA) is 337 Å². The first-order valence-corrected chi connectivity index (χ1v) is 20.9. The van der Waals surface area contributed by atoms with Crippen molar-refractivity contribution in [2.75, 3.05) is 15.6 Å². The molecule has 28 heteroatoms. The van der Waals surface area contributed by atoms with Crippen molar-refractivity contribution in [3.63, 3.8) is 0 Å². The third kappa shape index (κ3) is 17.2. The summed E-state index contributed by atoms with van der Waals surface area (Å²) < 4.78 is 69.6. The van der Waals surface area contributed by atoms with Crippen LogP contribution in [-0.4, -0.2) is 49.1 Å². The summed E-state index contributed by atoms with van der Waals surface area (Å²) in [6.07, 6.45) is 0.500. The average Bonchev–Trinajstić information content (AvgIpc) is 3.61. The SMILES string of the molecule is CC(=O)Nc1ccc(-c2c(N=Nc3c[c-]c[c-]c3)sc(N=NN(c3ccc(S(=O)(=O)[O-])cc3)c3cc(C)c(C#N)c(Nc4ccc(S(=O)(=O)[O-])cc4)n3)c2C#N)cc1.O=C=O.O=C=O.[Li+].[Li+].[Li+].[Li+]. The van der Waals surface area contributed by atoms with Gasteiger partial charge in [-0.3, -0.25) is 22.0 Å². The smallest absolute Gasteiger partial charge is 0.744 e. The van der Waals surface area contributed by atoms with Crippen molar-refractivity contribution < 1.29 is 125 Å². The fraction of sp³-hybridized carbons (Fsp3) is 0.0500. The van der Waals surface area contributed by atoms with Crippen LogP contribution in [0.1, 0.15) is 23.6 Å². The molecule has 2 heterocycles. The fourth-order valence-electron chi connectivity index (χ4n) is 5.25. The van der Waals surface area contributed by atoms with Crippen LogP contribution in [-0.2, 0) is 44.2 Å². The number of carbonyl (C=O) groups excluding carboxylic acids is 5. The van der Waals surface area contributed by atoms with Gasteiger partial charge < -0.3 is 37.9 Å². The molecule has 0 aliphatic rings. The van der Waals surface area contributed by atoms with Crippen LogP contribution < -0.4 is 91.1 Å². The summed E-state index contributed by atoms with van der Waals surface area (Å²) in [5, 5.41) is 45.2. The minimum atomic E-state index is -4.83. The molecule has 0 saturated heterocycles. The maximum Gasteiger partial charge on any atom is 1.00 e. The van der Waals surface area contributed by atoms with Crippen LogP contribution in [0.4, 0.5) is 44.4 Å². The number of anilines is 5. The number of carbonyl (C=O) groups is 1. The molecule has 21 nitrogen and oxygen atoms in total. The number of thiophene rings is 1. The molecule has 6 aromatic rings. The Bertz CT molecular complexity index is 3110. The Morgan fingerprint density at radius 2 is 1.24 bits per heavy atom. The third-order valence-electron chi connectivity index (χ3n) is 7.89. The molecule has 0 fully saturated rings. The van der Waals surface area contributed by atoms with Crippen LogP contribution in [0.3, 0.4) is 0 Å². The van der Waals surface area contributed by atoms with Gasteiger partial charge in [-0.15, -0.1) is 10.8 Å². The van der Waals surface area contributed by atoms with Crippen molar-refractivity contribution in [1.82, 2.24) is 4.98 Å². The van der Waals surface area contributed by atoms with Crippen molar-refractivity contribution in [2.45, 2.75) is 23.6 Å². The molecule has 2 aromatic heterocycles. The van der Waals surface area contributed by atoms with E-state index in [0.717, 1.165) is 35.6 Å². The van der Waals surface area contributed by atoms with Gasteiger partial charge in [0.2, 0.25) is 5.91 Å². The second-order valence-electron chi connectivity index (χ2n) is 12.1. The maximum atomic E-state index is 11.8. The molecular weight excluding hydrogens is 920 g/mol. The molecule has 4 aromatic carbocycles. The Morgan fingerprint density at radius 1 is 0.735 bits per heavy atom. The average molecular weight is 945 g/mol. The minimum absolute atomic E-state index is 0. The molecule has 0 spiro atoms. The second-order valence-corrected chi connectivity index (χ2v) is 15.8. The molecule has 0 unspecified atom stereocenters. The van der Waals surface area contributed by atoms with E-state index in [9.17, 15) is 41.3 Å². The molecule has 0 bridgehead atoms. The molecule has 68 heavy (non-hydrogen) atoms. The zero-order chi connectivity index (χ0) is 47.0. The number of benzene rings is 4. The number of hydrogen-bond acceptors (Lipinski definition) is 20. The molecule has 0 saturated carbocycles. The van der Waals surface area contributed by atoms with E-state index >= 15 is 0 Å². The van der Waals surface area contributed by atoms with Gasteiger partial charge in [0.25, 0.3) is 0 Å². The van der Waals surface area contributed by atoms with Gasteiger partial charge in [-0.25, -0.2) is 21.8 Å². The molecule has 322 valence electrons. The standard InChI is InChI=1S/C38H26N10O7S3.2CO2.4Li/c1-23-20-34(43-36(32(23)21-39)42-27-12-16-30(17-13-27)57(50,51)52)48(29-14-18-31(19-15-29)58(53,54)55)47-46-37-33(22-40)35(25-8-10-26(11-9-25)41-24(2)49)38(56-37)45-44-28-6-4-3-5-7-28;2*2-1-3;;;;/h3,6-20H,1-2H3,(H,41,49)(H,42,43)(H,50,51,52)(H,53,54,55);;;;;;/q-2;;;4*+1/p-2. The summed E-state index contributed by atoms with van der Waals surface area (Å²) >= 11 is 0.973. The van der Waals surface area contributed by atoms with E-state index in [2.05, 4.69) is 60.5 Å². The zero-order valence-electron chi connectivity index (χ0n) is 36.5. The Balaban J connectivity index is 0.00000426. The second kappa shape index (κ2) is 29.0. The van der Waals surface area contributed by atoms with Gasteiger partial charge in [0.05, 0.1) is 21.0 Å². The first-order chi connectivity index (χ1) is 30.5. The maximum absolute atomic E-state index is 11.8. The predicted molar refractivity (Wildman–Crippen MR) is 220 cm³/mol. The quantitative estimate of drug-likeness (QED) is 0.0382. The minimum Gasteiger partial charge on any atom is -0.744 e. The van der Waals surface area contributed by atoms with Gasteiger partial charge in [-0.2, -0.15) is 39.8 Å². The summed E-state index contributed by atoms with van der Waals surface area (Å²) in [6.45, 7) is 2.98. The van der Waals surface area contributed by atoms with Gasteiger partial charge in [0.1, 0.15) is 42.9 Å². The number of aromatic nitrogens is 1. The number of rotatable bonds is 12. The Kier molecular flexibility index (Phi) is 26.4. The number of nitrogens with one attached hydrogen (secondary N) is 2. The van der Waals surface area contributed by atoms with Crippen LogP contribution in [0.25, 0.3) is 11.1 Å². The fourth-order valence-corrected chi connectivity index (χ4v) is 7.11. The van der Waals surface area contributed by atoms with Gasteiger partial charge in [0, 0.05) is 23.9 Å². The molecule has 0 radical (unpaired) electrons. The third-order valence-corrected chi connectivity index (χ3v) is 10.6. The van der Waals surface area contributed by atoms with Gasteiger partial charge in [0.15, 0.2) is 16.6 Å². The van der Waals surface area contributed by atoms with Crippen molar-refractivity contribution in [1.29, 1.82) is 10.5 Å². The summed E-state index contributed by atoms with van der Waals surface area (Å²) in [6, 6.07) is 32.3. The molecule has 0 atom stereocenters. The normalized spacial score (nSPS) is 10.1. The molecule has 0 aliphatic carbocycles. The van der Waals surface area contributed by atoms with Crippen molar-refractivity contribution in [3.05, 3.63) is 126 Å². The predicted octanol–water partition coefficient (Wildman–Crippen LogP) is -4.93. The van der Waals surface area contributed by atoms with Crippen molar-refractivity contribution in [2.24, 2.45) is 20.6 Å². The number of amides is 1. The van der Waals surface area contributed by atoms with E-state index in [4.69, 9.17) is 19.2 Å². The molecular formula is C40H24Li4N10O11S3. The van der Waals surface area contributed by atoms with E-state index in [1.54, 1.807) is 49.4 Å². The molecule has 6 rings (SSSR count). The molecule has 0 aliphatic heterocycles. The summed E-state index contributed by atoms with van der Waals surface area (Å²) in [5.41, 5.74) is 2.81. The number of azo groups is 1. The number of nitriles is 2. The van der Waals surface area contributed by atoms with E-state index in [1.807, 2.05) is 0 Å². The van der Waals surface area contributed by atoms with Crippen molar-refractivity contribution >= 4 is 94.2 Å². The number of nitrogens with zero attached hydrogens (tertiary/aromatic N) is 8. The van der Waals surface area contributed by atoms with E-state index < -0.39 is 30.0 Å². The Morgan fingerprint density at radius 3 is 1.72 bits per heavy atom. The summed E-state index contributed by atoms with van der Waals surface area (Å²) in [5.74, 6) is -0.254. The van der Waals surface area contributed by atoms with Crippen molar-refractivity contribution in [3.8, 4) is 23.3 Å². The monoisotopic (exact) mass is 944 g/mol. The molecule has 1 amide bonds. The van der Waals surface area contributed by atoms with Gasteiger partial charge in [-0.05, 0) is 84.8 Å². The van der Waals surface area contributed by atoms with Crippen LogP contribution >= 0.6 is 11.3 Å². The van der Waals surface area contributed by atoms with Crippen LogP contribution in [0.2, 0.25) is 0 Å². The van der Waals surface area contributed by atoms with E-state index in [-0.39, 0.29) is 138 Å². The van der Waals surface area contributed by atoms with Crippen LogP contribution in [0.15, 0.2) is 127 Å². The summed E-state index contributed by atoms with van der Waals surface area (Å²) in [7, 11) is -9.55. The van der Waals surface area contributed by atoms with E-state index in [0.29, 0.717) is 28.1 Å². The van der Waals surface area contributed by atoms with Gasteiger partial charge >= 0.3 is 87.7 Å². The van der Waals surface area contributed by atoms with Crippen LogP contribution in [0, 0.1) is 41.7 Å². The van der Waals surface area contributed by atoms with E-state index in [1.165, 1.54) is 42.3 Å². The number of aryl methyl sites for hydroxylation is 1. The van der Waals surface area contributed by atoms with Gasteiger partial charge in [-0.1, -0.05) is 28.7 Å². The largest absolute Gasteiger partial charge is 1.00 e. The van der Waals surface area contributed by atoms with Crippen LogP contribution in [0.5, 0.6) is 0 Å². The zero-order valence-corrected chi connectivity index (χ0v) is 39.0. The first kappa shape index (κ1) is 61.9. The summed E-state index contributed by atoms with van der Waals surface area (Å²) in [4.78, 5) is 47.7.